The third-order valence-electron chi connectivity index (χ3n) is 4.19. The van der Waals surface area contributed by atoms with Crippen LogP contribution in [0.4, 0.5) is 15.8 Å². The van der Waals surface area contributed by atoms with E-state index in [0.29, 0.717) is 16.4 Å². The van der Waals surface area contributed by atoms with E-state index in [0.717, 1.165) is 16.7 Å². The molecule has 0 atom stereocenters. The molecule has 0 aliphatic heterocycles. The second-order valence-electron chi connectivity index (χ2n) is 5.90. The first kappa shape index (κ1) is 16.4. The number of aromatic nitrogens is 3. The molecule has 5 nitrogen and oxygen atoms in total. The molecule has 26 heavy (non-hydrogen) atoms. The Morgan fingerprint density at radius 3 is 2.81 bits per heavy atom. The van der Waals surface area contributed by atoms with Crippen LogP contribution in [0.25, 0.3) is 22.2 Å². The van der Waals surface area contributed by atoms with E-state index in [2.05, 4.69) is 20.3 Å². The summed E-state index contributed by atoms with van der Waals surface area (Å²) in [5.74, 6) is -0.508. The van der Waals surface area contributed by atoms with Gasteiger partial charge in [-0.3, -0.25) is 4.79 Å². The van der Waals surface area contributed by atoms with Crippen molar-refractivity contribution in [2.24, 2.45) is 0 Å². The topological polar surface area (TPSA) is 73.6 Å². The molecule has 0 radical (unpaired) electrons. The summed E-state index contributed by atoms with van der Waals surface area (Å²) in [6.07, 6.45) is 3.48. The van der Waals surface area contributed by atoms with E-state index in [1.165, 1.54) is 18.2 Å². The first-order valence-electron chi connectivity index (χ1n) is 7.91. The molecule has 0 amide bonds. The maximum Gasteiger partial charge on any atom is 0.256 e. The predicted molar refractivity (Wildman–Crippen MR) is 102 cm³/mol. The number of rotatable bonds is 3. The minimum absolute atomic E-state index is 0.156. The Labute approximate surface area is 152 Å². The van der Waals surface area contributed by atoms with E-state index in [-0.39, 0.29) is 16.7 Å². The SMILES string of the molecule is Cc1[nH]c(=O)c(-c2cc(Cl)ccc2F)cc1Nc1ccnc2[nH]ccc12. The number of aryl methyl sites for hydroxylation is 1. The third kappa shape index (κ3) is 2.84. The minimum Gasteiger partial charge on any atom is -0.353 e. The monoisotopic (exact) mass is 368 g/mol. The molecule has 3 aromatic heterocycles. The highest BCUT2D eigenvalue weighted by molar-refractivity contribution is 6.30. The summed E-state index contributed by atoms with van der Waals surface area (Å²) in [7, 11) is 0. The number of benzene rings is 1. The van der Waals surface area contributed by atoms with E-state index in [9.17, 15) is 9.18 Å². The number of pyridine rings is 2. The van der Waals surface area contributed by atoms with Crippen LogP contribution in [-0.4, -0.2) is 15.0 Å². The second-order valence-corrected chi connectivity index (χ2v) is 6.33. The fourth-order valence-corrected chi connectivity index (χ4v) is 3.04. The highest BCUT2D eigenvalue weighted by atomic mass is 35.5. The van der Waals surface area contributed by atoms with Crippen molar-refractivity contribution in [2.75, 3.05) is 5.32 Å². The van der Waals surface area contributed by atoms with Gasteiger partial charge in [0, 0.05) is 34.1 Å². The molecule has 0 saturated carbocycles. The first-order valence-corrected chi connectivity index (χ1v) is 8.29. The summed E-state index contributed by atoms with van der Waals surface area (Å²) < 4.78 is 14.2. The molecule has 4 aromatic rings. The molecule has 0 aliphatic rings. The van der Waals surface area contributed by atoms with Gasteiger partial charge in [0.2, 0.25) is 0 Å². The summed E-state index contributed by atoms with van der Waals surface area (Å²) in [5.41, 5.74) is 2.85. The highest BCUT2D eigenvalue weighted by Gasteiger charge is 2.13. The van der Waals surface area contributed by atoms with Crippen LogP contribution in [-0.2, 0) is 0 Å². The van der Waals surface area contributed by atoms with Gasteiger partial charge in [-0.2, -0.15) is 0 Å². The number of fused-ring (bicyclic) bond motifs is 1. The lowest BCUT2D eigenvalue weighted by Crippen LogP contribution is -2.13. The molecular formula is C19H14ClFN4O. The molecule has 7 heteroatoms. The first-order chi connectivity index (χ1) is 12.5. The number of hydrogen-bond acceptors (Lipinski definition) is 3. The third-order valence-corrected chi connectivity index (χ3v) is 4.42. The van der Waals surface area contributed by atoms with Crippen LogP contribution >= 0.6 is 11.6 Å². The van der Waals surface area contributed by atoms with Gasteiger partial charge in [0.15, 0.2) is 0 Å². The number of anilines is 2. The number of H-pyrrole nitrogens is 2. The van der Waals surface area contributed by atoms with Gasteiger partial charge in [-0.1, -0.05) is 11.6 Å². The summed E-state index contributed by atoms with van der Waals surface area (Å²) in [6, 6.07) is 9.50. The molecule has 4 rings (SSSR count). The number of nitrogens with one attached hydrogen (secondary N) is 3. The number of aromatic amines is 2. The van der Waals surface area contributed by atoms with Crippen molar-refractivity contribution >= 4 is 34.0 Å². The lowest BCUT2D eigenvalue weighted by molar-refractivity contribution is 0.631. The summed E-state index contributed by atoms with van der Waals surface area (Å²) in [4.78, 5) is 22.4. The van der Waals surface area contributed by atoms with Gasteiger partial charge in [-0.15, -0.1) is 0 Å². The number of nitrogens with zero attached hydrogens (tertiary/aromatic N) is 1. The Morgan fingerprint density at radius 1 is 1.12 bits per heavy atom. The average molecular weight is 369 g/mol. The Kier molecular flexibility index (Phi) is 3.97. The van der Waals surface area contributed by atoms with Crippen LogP contribution in [0.3, 0.4) is 0 Å². The molecule has 0 spiro atoms. The van der Waals surface area contributed by atoms with Gasteiger partial charge in [0.25, 0.3) is 5.56 Å². The highest BCUT2D eigenvalue weighted by Crippen LogP contribution is 2.29. The maximum absolute atomic E-state index is 14.2. The van der Waals surface area contributed by atoms with Crippen molar-refractivity contribution in [3.63, 3.8) is 0 Å². The molecule has 130 valence electrons. The molecule has 3 heterocycles. The predicted octanol–water partition coefficient (Wildman–Crippen LogP) is 4.76. The van der Waals surface area contributed by atoms with Crippen LogP contribution in [0, 0.1) is 12.7 Å². The zero-order valence-corrected chi connectivity index (χ0v) is 14.5. The van der Waals surface area contributed by atoms with Crippen molar-refractivity contribution < 1.29 is 4.39 Å². The smallest absolute Gasteiger partial charge is 0.256 e. The fourth-order valence-electron chi connectivity index (χ4n) is 2.87. The van der Waals surface area contributed by atoms with E-state index in [1.54, 1.807) is 25.4 Å². The van der Waals surface area contributed by atoms with Crippen LogP contribution < -0.4 is 10.9 Å². The lowest BCUT2D eigenvalue weighted by atomic mass is 10.1. The van der Waals surface area contributed by atoms with Gasteiger partial charge in [-0.05, 0) is 43.3 Å². The number of halogens is 2. The van der Waals surface area contributed by atoms with Crippen LogP contribution in [0.5, 0.6) is 0 Å². The van der Waals surface area contributed by atoms with Gasteiger partial charge in [0.1, 0.15) is 11.5 Å². The van der Waals surface area contributed by atoms with Crippen molar-refractivity contribution in [3.05, 3.63) is 75.7 Å². The van der Waals surface area contributed by atoms with E-state index < -0.39 is 5.82 Å². The van der Waals surface area contributed by atoms with Crippen molar-refractivity contribution in [3.8, 4) is 11.1 Å². The summed E-state index contributed by atoms with van der Waals surface area (Å²) >= 11 is 5.97. The van der Waals surface area contributed by atoms with Crippen molar-refractivity contribution in [1.82, 2.24) is 15.0 Å². The fraction of sp³-hybridized carbons (Fsp3) is 0.0526. The van der Waals surface area contributed by atoms with Gasteiger partial charge in [0.05, 0.1) is 16.9 Å². The zero-order valence-electron chi connectivity index (χ0n) is 13.7. The normalized spacial score (nSPS) is 11.0. The zero-order chi connectivity index (χ0) is 18.3. The molecule has 0 bridgehead atoms. The van der Waals surface area contributed by atoms with E-state index in [1.807, 2.05) is 12.1 Å². The van der Waals surface area contributed by atoms with Crippen LogP contribution in [0.15, 0.2) is 53.6 Å². The molecular weight excluding hydrogens is 355 g/mol. The number of hydrogen-bond donors (Lipinski definition) is 3. The summed E-state index contributed by atoms with van der Waals surface area (Å²) in [5, 5.41) is 4.56. The average Bonchev–Trinajstić information content (AvgIpc) is 3.09. The molecule has 3 N–H and O–H groups in total. The van der Waals surface area contributed by atoms with Gasteiger partial charge < -0.3 is 15.3 Å². The molecule has 0 unspecified atom stereocenters. The Morgan fingerprint density at radius 2 is 1.96 bits per heavy atom. The van der Waals surface area contributed by atoms with E-state index >= 15 is 0 Å². The molecule has 0 fully saturated rings. The lowest BCUT2D eigenvalue weighted by Gasteiger charge is -2.12. The van der Waals surface area contributed by atoms with Gasteiger partial charge >= 0.3 is 0 Å². The summed E-state index contributed by atoms with van der Waals surface area (Å²) in [6.45, 7) is 1.78. The van der Waals surface area contributed by atoms with Crippen LogP contribution in [0.1, 0.15) is 5.69 Å². The molecule has 1 aromatic carbocycles. The second kappa shape index (κ2) is 6.31. The van der Waals surface area contributed by atoms with Crippen LogP contribution in [0.2, 0.25) is 5.02 Å². The Bertz CT molecular complexity index is 1180. The minimum atomic E-state index is -0.508. The van der Waals surface area contributed by atoms with Crippen molar-refractivity contribution in [2.45, 2.75) is 6.92 Å². The quantitative estimate of drug-likeness (QED) is 0.488. The Balaban J connectivity index is 1.84. The van der Waals surface area contributed by atoms with Crippen molar-refractivity contribution in [1.29, 1.82) is 0 Å². The largest absolute Gasteiger partial charge is 0.353 e. The standard InChI is InChI=1S/C19H14ClFN4O/c1-10-17(25-16-5-7-23-18-12(16)4-6-22-18)9-14(19(26)24-10)13-8-11(20)2-3-15(13)21/h2-9H,1H3,(H,24,26)(H2,22,23,25). The molecule has 0 saturated heterocycles. The van der Waals surface area contributed by atoms with Gasteiger partial charge in [-0.25, -0.2) is 9.37 Å². The maximum atomic E-state index is 14.2. The molecule has 0 aliphatic carbocycles. The van der Waals surface area contributed by atoms with E-state index in [4.69, 9.17) is 11.6 Å². The Hall–Kier alpha value is -3.12.